The molecule has 0 aromatic heterocycles. The number of rotatable bonds is 2. The van der Waals surface area contributed by atoms with Gasteiger partial charge in [-0.15, -0.1) is 0 Å². The van der Waals surface area contributed by atoms with Gasteiger partial charge >= 0.3 is 11.9 Å². The number of methoxy groups -OCH3 is 1. The third-order valence-electron chi connectivity index (χ3n) is 0.542. The van der Waals surface area contributed by atoms with Crippen molar-refractivity contribution in [1.82, 2.24) is 0 Å². The van der Waals surface area contributed by atoms with Gasteiger partial charge in [0.1, 0.15) is 0 Å². The average molecular weight is 318 g/mol. The highest BCUT2D eigenvalue weighted by Gasteiger charge is 1.81. The summed E-state index contributed by atoms with van der Waals surface area (Å²) in [6.07, 6.45) is 1.94. The number of carboxylic acid groups (broad SMARTS) is 1. The van der Waals surface area contributed by atoms with E-state index in [0.717, 1.165) is 12.2 Å². The van der Waals surface area contributed by atoms with Crippen molar-refractivity contribution in [3.8, 4) is 0 Å². The Morgan fingerprint density at radius 1 is 1.17 bits per heavy atom. The van der Waals surface area contributed by atoms with Crippen LogP contribution in [0.15, 0.2) is 48.5 Å². The first-order valence-electron chi connectivity index (χ1n) is 4.00. The molecule has 0 heterocycles. The monoisotopic (exact) mass is 316 g/mol. The lowest BCUT2D eigenvalue weighted by Crippen LogP contribution is -1.91. The van der Waals surface area contributed by atoms with Gasteiger partial charge in [-0.25, -0.2) is 9.59 Å². The molecule has 0 atom stereocenters. The fraction of sp³-hybridized carbons (Fsp3) is 0.0909. The summed E-state index contributed by atoms with van der Waals surface area (Å²) in [5.74, 6) is -1.37. The highest BCUT2D eigenvalue weighted by atomic mass is 35.5. The van der Waals surface area contributed by atoms with Crippen molar-refractivity contribution in [2.75, 3.05) is 7.11 Å². The SMILES string of the molecule is C=C(Cl)Cl.C=CC(=O)O.C=CC(=O)OC.C=CCl. The molecule has 0 saturated heterocycles. The van der Waals surface area contributed by atoms with Crippen LogP contribution in [0.4, 0.5) is 0 Å². The van der Waals surface area contributed by atoms with E-state index in [2.05, 4.69) is 31.1 Å². The fourth-order valence-corrected chi connectivity index (χ4v) is 0.0833. The number of carboxylic acids is 1. The number of ether oxygens (including phenoxy) is 1. The summed E-state index contributed by atoms with van der Waals surface area (Å²) in [6, 6.07) is 0. The van der Waals surface area contributed by atoms with Crippen molar-refractivity contribution >= 4 is 46.7 Å². The average Bonchev–Trinajstić information content (AvgIpc) is 2.29. The summed E-state index contributed by atoms with van der Waals surface area (Å²) < 4.78 is 4.25. The molecule has 0 aliphatic heterocycles. The Balaban J connectivity index is -0.0000000750. The van der Waals surface area contributed by atoms with Crippen molar-refractivity contribution in [1.29, 1.82) is 0 Å². The molecule has 0 fully saturated rings. The normalized spacial score (nSPS) is 6.22. The Morgan fingerprint density at radius 2 is 1.39 bits per heavy atom. The topological polar surface area (TPSA) is 63.6 Å². The van der Waals surface area contributed by atoms with Crippen LogP contribution in [-0.4, -0.2) is 24.2 Å². The van der Waals surface area contributed by atoms with Crippen molar-refractivity contribution < 1.29 is 19.4 Å². The summed E-state index contributed by atoms with van der Waals surface area (Å²) in [6.45, 7) is 12.3. The van der Waals surface area contributed by atoms with Crippen LogP contribution in [0.3, 0.4) is 0 Å². The minimum atomic E-state index is -0.981. The second-order valence-corrected chi connectivity index (χ2v) is 3.18. The first-order chi connectivity index (χ1) is 8.22. The fourth-order valence-electron chi connectivity index (χ4n) is 0.0833. The first-order valence-corrected chi connectivity index (χ1v) is 5.19. The molecule has 0 rings (SSSR count). The quantitative estimate of drug-likeness (QED) is 0.619. The molecule has 0 aromatic carbocycles. The molecule has 0 amide bonds. The second kappa shape index (κ2) is 24.8. The highest BCUT2D eigenvalue weighted by molar-refractivity contribution is 6.55. The number of hydrogen-bond acceptors (Lipinski definition) is 3. The Labute approximate surface area is 122 Å². The number of halogens is 3. The molecule has 0 saturated carbocycles. The second-order valence-electron chi connectivity index (χ2n) is 1.76. The Morgan fingerprint density at radius 3 is 1.39 bits per heavy atom. The molecule has 0 spiro atoms. The maximum absolute atomic E-state index is 9.84. The van der Waals surface area contributed by atoms with E-state index in [1.807, 2.05) is 0 Å². The van der Waals surface area contributed by atoms with Gasteiger partial charge in [0.25, 0.3) is 0 Å². The van der Waals surface area contributed by atoms with Crippen molar-refractivity contribution in [2.24, 2.45) is 0 Å². The van der Waals surface area contributed by atoms with E-state index < -0.39 is 11.9 Å². The summed E-state index contributed by atoms with van der Waals surface area (Å²) >= 11 is 14.5. The van der Waals surface area contributed by atoms with Crippen LogP contribution < -0.4 is 0 Å². The van der Waals surface area contributed by atoms with Crippen molar-refractivity contribution in [2.45, 2.75) is 0 Å². The molecule has 0 bridgehead atoms. The molecule has 0 aliphatic rings. The lowest BCUT2D eigenvalue weighted by Gasteiger charge is -1.83. The number of carbonyl (C=O) groups excluding carboxylic acids is 1. The van der Waals surface area contributed by atoms with Crippen LogP contribution in [-0.2, 0) is 14.3 Å². The van der Waals surface area contributed by atoms with Gasteiger partial charge in [-0.2, -0.15) is 0 Å². The van der Waals surface area contributed by atoms with E-state index >= 15 is 0 Å². The van der Waals surface area contributed by atoms with Crippen LogP contribution in [0.5, 0.6) is 0 Å². The lowest BCUT2D eigenvalue weighted by atomic mass is 10.7. The number of hydrogen-bond donors (Lipinski definition) is 1. The molecule has 0 radical (unpaired) electrons. The lowest BCUT2D eigenvalue weighted by molar-refractivity contribution is -0.135. The van der Waals surface area contributed by atoms with E-state index in [0.29, 0.717) is 0 Å². The molecule has 18 heavy (non-hydrogen) atoms. The predicted molar refractivity (Wildman–Crippen MR) is 76.9 cm³/mol. The van der Waals surface area contributed by atoms with Crippen LogP contribution in [0, 0.1) is 0 Å². The molecular formula is C11H15Cl3O4. The van der Waals surface area contributed by atoms with Gasteiger partial charge in [0.15, 0.2) is 0 Å². The molecule has 104 valence electrons. The van der Waals surface area contributed by atoms with Gasteiger partial charge in [-0.1, -0.05) is 61.1 Å². The first kappa shape index (κ1) is 25.6. The molecule has 4 nitrogen and oxygen atoms in total. The van der Waals surface area contributed by atoms with Crippen LogP contribution in [0.1, 0.15) is 0 Å². The van der Waals surface area contributed by atoms with Crippen molar-refractivity contribution in [3.05, 3.63) is 48.5 Å². The summed E-state index contributed by atoms with van der Waals surface area (Å²) in [4.78, 5) is 19.1. The molecule has 0 aliphatic carbocycles. The summed E-state index contributed by atoms with van der Waals surface area (Å²) in [7, 11) is 1.31. The maximum atomic E-state index is 9.84. The molecule has 7 heteroatoms. The van der Waals surface area contributed by atoms with Gasteiger partial charge in [-0.3, -0.25) is 0 Å². The zero-order valence-electron chi connectivity index (χ0n) is 9.87. The van der Waals surface area contributed by atoms with Gasteiger partial charge in [0, 0.05) is 12.2 Å². The van der Waals surface area contributed by atoms with E-state index in [9.17, 15) is 9.59 Å². The third kappa shape index (κ3) is 123. The van der Waals surface area contributed by atoms with Crippen molar-refractivity contribution in [3.63, 3.8) is 0 Å². The Hall–Kier alpha value is -1.23. The van der Waals surface area contributed by atoms with E-state index in [-0.39, 0.29) is 4.49 Å². The van der Waals surface area contributed by atoms with E-state index in [1.54, 1.807) is 0 Å². The summed E-state index contributed by atoms with van der Waals surface area (Å²) in [5, 5.41) is 7.60. The van der Waals surface area contributed by atoms with Crippen LogP contribution in [0.25, 0.3) is 0 Å². The minimum absolute atomic E-state index is 0.111. The zero-order chi connectivity index (χ0) is 15.6. The highest BCUT2D eigenvalue weighted by Crippen LogP contribution is 1.98. The summed E-state index contributed by atoms with van der Waals surface area (Å²) in [5.41, 5.74) is 1.22. The minimum Gasteiger partial charge on any atom is -0.478 e. The predicted octanol–water partition coefficient (Wildman–Crippen LogP) is 3.91. The molecule has 1 N–H and O–H groups in total. The van der Waals surface area contributed by atoms with Crippen LogP contribution in [0.2, 0.25) is 0 Å². The number of carbonyl (C=O) groups is 2. The largest absolute Gasteiger partial charge is 0.478 e. The van der Waals surface area contributed by atoms with Gasteiger partial charge in [0.05, 0.1) is 11.6 Å². The zero-order valence-corrected chi connectivity index (χ0v) is 12.1. The molecule has 0 aromatic rings. The van der Waals surface area contributed by atoms with E-state index in [1.165, 1.54) is 12.6 Å². The maximum Gasteiger partial charge on any atom is 0.329 e. The number of esters is 1. The number of aliphatic carboxylic acids is 1. The standard InChI is InChI=1S/C4H6O2.C3H4O2.C2H2Cl2.C2H3Cl/c1-3-4(5)6-2;1-2-3(4)5;1-2(3)4;1-2-3/h3H,1H2,2H3;2H,1H2,(H,4,5);1H2;2H,1H2. The van der Waals surface area contributed by atoms with Gasteiger partial charge in [-0.05, 0) is 5.54 Å². The van der Waals surface area contributed by atoms with Gasteiger partial charge in [0.2, 0.25) is 0 Å². The molecular weight excluding hydrogens is 302 g/mol. The smallest absolute Gasteiger partial charge is 0.329 e. The Kier molecular flexibility index (Phi) is 35.3. The van der Waals surface area contributed by atoms with E-state index in [4.69, 9.17) is 39.9 Å². The van der Waals surface area contributed by atoms with Crippen LogP contribution >= 0.6 is 34.8 Å². The third-order valence-corrected chi connectivity index (χ3v) is 0.542. The molecule has 0 unspecified atom stereocenters. The Bertz CT molecular complexity index is 271. The van der Waals surface area contributed by atoms with Gasteiger partial charge < -0.3 is 9.84 Å².